The third kappa shape index (κ3) is 5.86. The maximum absolute atomic E-state index is 13.6. The van der Waals surface area contributed by atoms with Gasteiger partial charge in [-0.15, -0.1) is 5.10 Å². The van der Waals surface area contributed by atoms with Gasteiger partial charge in [-0.3, -0.25) is 14.7 Å². The first-order valence-electron chi connectivity index (χ1n) is 13.4. The van der Waals surface area contributed by atoms with Gasteiger partial charge in [-0.05, 0) is 79.7 Å². The van der Waals surface area contributed by atoms with Gasteiger partial charge in [0.25, 0.3) is 5.91 Å². The monoisotopic (exact) mass is 524 g/mol. The maximum atomic E-state index is 13.6. The number of likely N-dealkylation sites (tertiary alicyclic amines) is 1. The zero-order valence-corrected chi connectivity index (χ0v) is 23.4. The molecule has 0 aliphatic carbocycles. The van der Waals surface area contributed by atoms with Crippen LogP contribution in [0.1, 0.15) is 60.7 Å². The Hall–Kier alpha value is -4.04. The number of carbonyl (C=O) groups is 1. The van der Waals surface area contributed by atoms with Crippen LogP contribution in [0.3, 0.4) is 0 Å². The van der Waals surface area contributed by atoms with E-state index >= 15 is 0 Å². The number of benzene rings is 2. The van der Waals surface area contributed by atoms with Gasteiger partial charge in [0.05, 0.1) is 24.7 Å². The molecule has 0 bridgehead atoms. The molecule has 1 N–H and O–H groups in total. The molecule has 1 aliphatic rings. The highest BCUT2D eigenvalue weighted by Gasteiger charge is 2.23. The van der Waals surface area contributed by atoms with Crippen LogP contribution in [0.15, 0.2) is 61.1 Å². The highest BCUT2D eigenvalue weighted by atomic mass is 16.5. The summed E-state index contributed by atoms with van der Waals surface area (Å²) in [5.41, 5.74) is 6.74. The van der Waals surface area contributed by atoms with Crippen LogP contribution in [0, 0.1) is 6.92 Å². The summed E-state index contributed by atoms with van der Waals surface area (Å²) in [6.45, 7) is 11.5. The number of nitrogens with zero attached hydrogens (tertiary/aromatic N) is 5. The van der Waals surface area contributed by atoms with Crippen molar-refractivity contribution in [2.45, 2.75) is 52.5 Å². The largest absolute Gasteiger partial charge is 0.494 e. The summed E-state index contributed by atoms with van der Waals surface area (Å²) >= 11 is 0. The smallest absolute Gasteiger partial charge is 0.255 e. The van der Waals surface area contributed by atoms with E-state index in [9.17, 15) is 4.79 Å². The van der Waals surface area contributed by atoms with Gasteiger partial charge in [0.2, 0.25) is 0 Å². The van der Waals surface area contributed by atoms with Crippen molar-refractivity contribution in [2.24, 2.45) is 0 Å². The fourth-order valence-corrected chi connectivity index (χ4v) is 4.97. The fourth-order valence-electron chi connectivity index (χ4n) is 4.97. The summed E-state index contributed by atoms with van der Waals surface area (Å²) in [5.74, 6) is 0.508. The quantitative estimate of drug-likeness (QED) is 0.329. The van der Waals surface area contributed by atoms with Crippen LogP contribution in [0.5, 0.6) is 5.75 Å². The lowest BCUT2D eigenvalue weighted by Gasteiger charge is -2.25. The average Bonchev–Trinajstić information content (AvgIpc) is 3.61. The van der Waals surface area contributed by atoms with E-state index in [1.807, 2.05) is 49.5 Å². The molecule has 4 aromatic rings. The first-order chi connectivity index (χ1) is 18.7. The highest BCUT2D eigenvalue weighted by Crippen LogP contribution is 2.37. The van der Waals surface area contributed by atoms with Gasteiger partial charge in [0.1, 0.15) is 11.4 Å². The van der Waals surface area contributed by atoms with E-state index in [4.69, 9.17) is 4.74 Å². The first-order valence-corrected chi connectivity index (χ1v) is 13.4. The Morgan fingerprint density at radius 3 is 2.59 bits per heavy atom. The number of pyridine rings is 1. The van der Waals surface area contributed by atoms with Crippen LogP contribution < -0.4 is 10.1 Å². The van der Waals surface area contributed by atoms with Gasteiger partial charge >= 0.3 is 0 Å². The van der Waals surface area contributed by atoms with Gasteiger partial charge in [-0.2, -0.15) is 0 Å². The Morgan fingerprint density at radius 2 is 1.90 bits per heavy atom. The van der Waals surface area contributed by atoms with Crippen LogP contribution in [0.25, 0.3) is 16.9 Å². The molecule has 0 spiro atoms. The normalized spacial score (nSPS) is 14.0. The molecule has 8 nitrogen and oxygen atoms in total. The van der Waals surface area contributed by atoms with E-state index in [2.05, 4.69) is 52.4 Å². The van der Waals surface area contributed by atoms with E-state index < -0.39 is 0 Å². The lowest BCUT2D eigenvalue weighted by atomic mass is 9.85. The second-order valence-corrected chi connectivity index (χ2v) is 11.2. The SMILES string of the molecule is COc1c(CN2CCCC2)cc(C(C)(C)C)cc1NC(=O)c1ccc(C)c(-n2cc(-c3cccnc3)nn2)c1. The van der Waals surface area contributed by atoms with Crippen molar-refractivity contribution in [3.8, 4) is 22.7 Å². The molecule has 2 aromatic carbocycles. The summed E-state index contributed by atoms with van der Waals surface area (Å²) in [6.07, 6.45) is 7.76. The van der Waals surface area contributed by atoms with Crippen LogP contribution in [-0.4, -0.2) is 51.0 Å². The molecule has 1 aliphatic heterocycles. The number of aryl methyl sites for hydroxylation is 1. The van der Waals surface area contributed by atoms with Crippen molar-refractivity contribution >= 4 is 11.6 Å². The van der Waals surface area contributed by atoms with Gasteiger partial charge in [0, 0.05) is 35.6 Å². The van der Waals surface area contributed by atoms with Crippen LogP contribution in [-0.2, 0) is 12.0 Å². The summed E-state index contributed by atoms with van der Waals surface area (Å²) in [4.78, 5) is 20.2. The minimum atomic E-state index is -0.208. The molecule has 0 saturated carbocycles. The second kappa shape index (κ2) is 11.0. The Balaban J connectivity index is 1.46. The fraction of sp³-hybridized carbons (Fsp3) is 0.355. The standard InChI is InChI=1S/C31H36N6O2/c1-21-10-11-22(16-28(21)37-20-27(34-35-37)23-9-8-12-32-18-23)30(38)33-26-17-25(31(2,3)4)15-24(29(26)39-5)19-36-13-6-7-14-36/h8-12,15-18,20H,6-7,13-14,19H2,1-5H3,(H,33,38). The molecular weight excluding hydrogens is 488 g/mol. The molecule has 1 amide bonds. The predicted molar refractivity (Wildman–Crippen MR) is 153 cm³/mol. The van der Waals surface area contributed by atoms with Crippen LogP contribution in [0.2, 0.25) is 0 Å². The van der Waals surface area contributed by atoms with Crippen LogP contribution in [0.4, 0.5) is 5.69 Å². The minimum absolute atomic E-state index is 0.0817. The van der Waals surface area contributed by atoms with E-state index in [1.165, 1.54) is 12.8 Å². The number of hydrogen-bond donors (Lipinski definition) is 1. The molecule has 1 saturated heterocycles. The van der Waals surface area contributed by atoms with Crippen LogP contribution >= 0.6 is 0 Å². The highest BCUT2D eigenvalue weighted by molar-refractivity contribution is 6.05. The zero-order valence-electron chi connectivity index (χ0n) is 23.4. The molecule has 1 fully saturated rings. The third-order valence-corrected chi connectivity index (χ3v) is 7.25. The number of hydrogen-bond acceptors (Lipinski definition) is 6. The van der Waals surface area contributed by atoms with Gasteiger partial charge < -0.3 is 10.1 Å². The number of ether oxygens (including phenoxy) is 1. The summed E-state index contributed by atoms with van der Waals surface area (Å²) in [5, 5.41) is 11.8. The van der Waals surface area contributed by atoms with Crippen molar-refractivity contribution in [3.05, 3.63) is 83.3 Å². The molecule has 5 rings (SSSR count). The van der Waals surface area contributed by atoms with E-state index in [-0.39, 0.29) is 11.3 Å². The number of aromatic nitrogens is 4. The summed E-state index contributed by atoms with van der Waals surface area (Å²) < 4.78 is 7.58. The topological polar surface area (TPSA) is 85.2 Å². The van der Waals surface area contributed by atoms with E-state index in [1.54, 1.807) is 24.2 Å². The van der Waals surface area contributed by atoms with Crippen molar-refractivity contribution in [1.82, 2.24) is 24.9 Å². The zero-order chi connectivity index (χ0) is 27.6. The van der Waals surface area contributed by atoms with Crippen molar-refractivity contribution in [3.63, 3.8) is 0 Å². The average molecular weight is 525 g/mol. The van der Waals surface area contributed by atoms with Crippen molar-refractivity contribution in [2.75, 3.05) is 25.5 Å². The molecule has 0 atom stereocenters. The number of anilines is 1. The molecule has 39 heavy (non-hydrogen) atoms. The minimum Gasteiger partial charge on any atom is -0.494 e. The lowest BCUT2D eigenvalue weighted by molar-refractivity contribution is 0.102. The molecule has 202 valence electrons. The Labute approximate surface area is 230 Å². The maximum Gasteiger partial charge on any atom is 0.255 e. The third-order valence-electron chi connectivity index (χ3n) is 7.25. The number of amides is 1. The van der Waals surface area contributed by atoms with Crippen molar-refractivity contribution in [1.29, 1.82) is 0 Å². The summed E-state index contributed by atoms with van der Waals surface area (Å²) in [6, 6.07) is 13.7. The number of rotatable bonds is 7. The summed E-state index contributed by atoms with van der Waals surface area (Å²) in [7, 11) is 1.67. The van der Waals surface area contributed by atoms with Gasteiger partial charge in [-0.1, -0.05) is 38.1 Å². The van der Waals surface area contributed by atoms with Crippen molar-refractivity contribution < 1.29 is 9.53 Å². The Morgan fingerprint density at radius 1 is 1.10 bits per heavy atom. The second-order valence-electron chi connectivity index (χ2n) is 11.2. The molecular formula is C31H36N6O2. The predicted octanol–water partition coefficient (Wildman–Crippen LogP) is 5.79. The molecule has 3 heterocycles. The first kappa shape index (κ1) is 26.6. The Bertz CT molecular complexity index is 1470. The number of methoxy groups -OCH3 is 1. The van der Waals surface area contributed by atoms with Gasteiger partial charge in [-0.25, -0.2) is 4.68 Å². The lowest BCUT2D eigenvalue weighted by Crippen LogP contribution is -2.21. The Kier molecular flexibility index (Phi) is 7.48. The number of nitrogens with one attached hydrogen (secondary N) is 1. The number of carbonyl (C=O) groups excluding carboxylic acids is 1. The molecule has 0 radical (unpaired) electrons. The van der Waals surface area contributed by atoms with Gasteiger partial charge in [0.15, 0.2) is 0 Å². The molecule has 2 aromatic heterocycles. The van der Waals surface area contributed by atoms with E-state index in [0.717, 1.165) is 47.6 Å². The van der Waals surface area contributed by atoms with E-state index in [0.29, 0.717) is 22.7 Å². The molecule has 0 unspecified atom stereocenters. The molecule has 8 heteroatoms.